The fourth-order valence-electron chi connectivity index (χ4n) is 2.68. The van der Waals surface area contributed by atoms with E-state index in [2.05, 4.69) is 58.9 Å². The third-order valence-electron chi connectivity index (χ3n) is 3.58. The summed E-state index contributed by atoms with van der Waals surface area (Å²) in [6.07, 6.45) is 1.37. The Bertz CT molecular complexity index is 757. The summed E-state index contributed by atoms with van der Waals surface area (Å²) in [5, 5.41) is 14.9. The lowest BCUT2D eigenvalue weighted by Crippen LogP contribution is -2.32. The van der Waals surface area contributed by atoms with Crippen LogP contribution in [0.4, 0.5) is 23.0 Å². The number of rotatable bonds is 8. The topological polar surface area (TPSA) is 84.2 Å². The summed E-state index contributed by atoms with van der Waals surface area (Å²) in [7, 11) is 0. The predicted molar refractivity (Wildman–Crippen MR) is 108 cm³/mol. The van der Waals surface area contributed by atoms with Gasteiger partial charge in [0, 0.05) is 17.6 Å². The minimum Gasteiger partial charge on any atom is -0.350 e. The Morgan fingerprint density at radius 1 is 1.15 bits per heavy atom. The Labute approximate surface area is 162 Å². The Balaban J connectivity index is 2.49. The van der Waals surface area contributed by atoms with E-state index in [-0.39, 0.29) is 11.5 Å². The number of hydrogen-bond donors (Lipinski definition) is 1. The van der Waals surface area contributed by atoms with Crippen molar-refractivity contribution in [3.8, 4) is 0 Å². The smallest absolute Gasteiger partial charge is 0.350 e. The zero-order chi connectivity index (χ0) is 19.3. The SMILES string of the molecule is CC(C)CN(CC(C)C)c1ncnc(Nc2ccccc2Br)c1[N+](=O)[O-]. The van der Waals surface area contributed by atoms with E-state index in [4.69, 9.17) is 0 Å². The van der Waals surface area contributed by atoms with Gasteiger partial charge in [-0.05, 0) is 39.9 Å². The lowest BCUT2D eigenvalue weighted by molar-refractivity contribution is -0.383. The lowest BCUT2D eigenvalue weighted by atomic mass is 10.1. The van der Waals surface area contributed by atoms with Gasteiger partial charge < -0.3 is 10.2 Å². The van der Waals surface area contributed by atoms with Crippen molar-refractivity contribution in [3.05, 3.63) is 45.2 Å². The number of nitrogens with one attached hydrogen (secondary N) is 1. The van der Waals surface area contributed by atoms with Crippen LogP contribution in [0.2, 0.25) is 0 Å². The normalized spacial score (nSPS) is 11.0. The summed E-state index contributed by atoms with van der Waals surface area (Å²) in [6, 6.07) is 7.42. The van der Waals surface area contributed by atoms with Crippen LogP contribution in [-0.4, -0.2) is 28.0 Å². The highest BCUT2D eigenvalue weighted by Gasteiger charge is 2.28. The summed E-state index contributed by atoms with van der Waals surface area (Å²) in [5.74, 6) is 1.23. The van der Waals surface area contributed by atoms with Crippen molar-refractivity contribution in [2.45, 2.75) is 27.7 Å². The first-order chi connectivity index (χ1) is 12.3. The average Bonchev–Trinajstić information content (AvgIpc) is 2.55. The summed E-state index contributed by atoms with van der Waals surface area (Å²) in [4.78, 5) is 21.8. The molecule has 0 aliphatic heterocycles. The molecule has 26 heavy (non-hydrogen) atoms. The van der Waals surface area contributed by atoms with Crippen LogP contribution in [0, 0.1) is 22.0 Å². The Kier molecular flexibility index (Phi) is 6.90. The van der Waals surface area contributed by atoms with Gasteiger partial charge in [0.15, 0.2) is 0 Å². The van der Waals surface area contributed by atoms with Crippen molar-refractivity contribution < 1.29 is 4.92 Å². The quantitative estimate of drug-likeness (QED) is 0.476. The molecule has 1 aromatic heterocycles. The van der Waals surface area contributed by atoms with Crippen LogP contribution < -0.4 is 10.2 Å². The number of benzene rings is 1. The van der Waals surface area contributed by atoms with E-state index in [0.717, 1.165) is 4.47 Å². The van der Waals surface area contributed by atoms with Gasteiger partial charge in [0.2, 0.25) is 11.6 Å². The number of nitro groups is 1. The molecule has 2 aromatic rings. The van der Waals surface area contributed by atoms with Gasteiger partial charge in [0.1, 0.15) is 6.33 Å². The Morgan fingerprint density at radius 2 is 1.77 bits per heavy atom. The average molecular weight is 422 g/mol. The molecule has 0 fully saturated rings. The van der Waals surface area contributed by atoms with Crippen molar-refractivity contribution in [1.82, 2.24) is 9.97 Å². The van der Waals surface area contributed by atoms with Gasteiger partial charge in [-0.1, -0.05) is 39.8 Å². The fraction of sp³-hybridized carbons (Fsp3) is 0.444. The highest BCUT2D eigenvalue weighted by Crippen LogP contribution is 2.35. The first-order valence-corrected chi connectivity index (χ1v) is 9.34. The van der Waals surface area contributed by atoms with Gasteiger partial charge in [0.05, 0.1) is 10.6 Å². The van der Waals surface area contributed by atoms with Crippen LogP contribution in [-0.2, 0) is 0 Å². The molecular formula is C18H24BrN5O2. The Morgan fingerprint density at radius 3 is 2.31 bits per heavy atom. The van der Waals surface area contributed by atoms with Crippen LogP contribution >= 0.6 is 15.9 Å². The highest BCUT2D eigenvalue weighted by molar-refractivity contribution is 9.10. The molecule has 0 unspecified atom stereocenters. The maximum Gasteiger partial charge on any atom is 0.353 e. The van der Waals surface area contributed by atoms with E-state index in [9.17, 15) is 10.1 Å². The molecule has 2 rings (SSSR count). The van der Waals surface area contributed by atoms with E-state index in [0.29, 0.717) is 36.4 Å². The van der Waals surface area contributed by atoms with Gasteiger partial charge in [0.25, 0.3) is 0 Å². The zero-order valence-electron chi connectivity index (χ0n) is 15.4. The second kappa shape index (κ2) is 8.93. The first kappa shape index (κ1) is 20.1. The van der Waals surface area contributed by atoms with Crippen LogP contribution in [0.3, 0.4) is 0 Å². The second-order valence-corrected chi connectivity index (χ2v) is 7.80. The number of aromatic nitrogens is 2. The summed E-state index contributed by atoms with van der Waals surface area (Å²) < 4.78 is 0.802. The van der Waals surface area contributed by atoms with Gasteiger partial charge >= 0.3 is 5.69 Å². The van der Waals surface area contributed by atoms with Crippen molar-refractivity contribution >= 4 is 38.9 Å². The highest BCUT2D eigenvalue weighted by atomic mass is 79.9. The van der Waals surface area contributed by atoms with Gasteiger partial charge in [-0.15, -0.1) is 0 Å². The monoisotopic (exact) mass is 421 g/mol. The predicted octanol–water partition coefficient (Wildman–Crippen LogP) is 5.01. The lowest BCUT2D eigenvalue weighted by Gasteiger charge is -2.27. The van der Waals surface area contributed by atoms with E-state index in [1.165, 1.54) is 6.33 Å². The zero-order valence-corrected chi connectivity index (χ0v) is 17.0. The van der Waals surface area contributed by atoms with Crippen LogP contribution in [0.25, 0.3) is 0 Å². The third-order valence-corrected chi connectivity index (χ3v) is 4.27. The summed E-state index contributed by atoms with van der Waals surface area (Å²) in [6.45, 7) is 9.71. The molecule has 0 spiro atoms. The number of halogens is 1. The van der Waals surface area contributed by atoms with Gasteiger partial charge in [-0.25, -0.2) is 9.97 Å². The maximum absolute atomic E-state index is 11.8. The molecule has 1 N–H and O–H groups in total. The summed E-state index contributed by atoms with van der Waals surface area (Å²) >= 11 is 3.44. The molecule has 1 aromatic carbocycles. The Hall–Kier alpha value is -2.22. The number of hydrogen-bond acceptors (Lipinski definition) is 6. The fourth-order valence-corrected chi connectivity index (χ4v) is 3.06. The third kappa shape index (κ3) is 5.14. The van der Waals surface area contributed by atoms with Crippen LogP contribution in [0.15, 0.2) is 35.1 Å². The molecule has 0 radical (unpaired) electrons. The van der Waals surface area contributed by atoms with E-state index in [1.807, 2.05) is 29.2 Å². The van der Waals surface area contributed by atoms with Crippen molar-refractivity contribution in [2.24, 2.45) is 11.8 Å². The number of nitrogens with zero attached hydrogens (tertiary/aromatic N) is 4. The molecular weight excluding hydrogens is 398 g/mol. The second-order valence-electron chi connectivity index (χ2n) is 6.95. The molecule has 0 amide bonds. The standard InChI is InChI=1S/C18H24BrN5O2/c1-12(2)9-23(10-13(3)4)18-16(24(25)26)17(20-11-21-18)22-15-8-6-5-7-14(15)19/h5-8,11-13H,9-10H2,1-4H3,(H,20,21,22). The summed E-state index contributed by atoms with van der Waals surface area (Å²) in [5.41, 5.74) is 0.601. The van der Waals surface area contributed by atoms with Gasteiger partial charge in [-0.2, -0.15) is 0 Å². The molecule has 0 bridgehead atoms. The minimum absolute atomic E-state index is 0.107. The van der Waals surface area contributed by atoms with Crippen molar-refractivity contribution in [2.75, 3.05) is 23.3 Å². The molecule has 0 aliphatic rings. The van der Waals surface area contributed by atoms with E-state index >= 15 is 0 Å². The molecule has 8 heteroatoms. The molecule has 1 heterocycles. The van der Waals surface area contributed by atoms with Crippen LogP contribution in [0.1, 0.15) is 27.7 Å². The van der Waals surface area contributed by atoms with Gasteiger partial charge in [-0.3, -0.25) is 10.1 Å². The molecule has 140 valence electrons. The van der Waals surface area contributed by atoms with Crippen LogP contribution in [0.5, 0.6) is 0 Å². The minimum atomic E-state index is -0.415. The van der Waals surface area contributed by atoms with E-state index < -0.39 is 4.92 Å². The molecule has 0 saturated carbocycles. The molecule has 0 atom stereocenters. The maximum atomic E-state index is 11.8. The molecule has 7 nitrogen and oxygen atoms in total. The van der Waals surface area contributed by atoms with E-state index in [1.54, 1.807) is 0 Å². The molecule has 0 saturated heterocycles. The molecule has 0 aliphatic carbocycles. The number of anilines is 3. The van der Waals surface area contributed by atoms with Crippen molar-refractivity contribution in [3.63, 3.8) is 0 Å². The van der Waals surface area contributed by atoms with Crippen molar-refractivity contribution in [1.29, 1.82) is 0 Å². The first-order valence-electron chi connectivity index (χ1n) is 8.55. The number of para-hydroxylation sites is 1. The largest absolute Gasteiger partial charge is 0.353 e.